The summed E-state index contributed by atoms with van der Waals surface area (Å²) < 4.78 is 10.8. The molecule has 1 aliphatic carbocycles. The molecular formula is C15H21NO3S. The molecule has 3 rings (SSSR count). The van der Waals surface area contributed by atoms with Gasteiger partial charge in [-0.25, -0.2) is 4.98 Å². The van der Waals surface area contributed by atoms with E-state index in [-0.39, 0.29) is 11.9 Å². The van der Waals surface area contributed by atoms with E-state index in [4.69, 9.17) is 14.5 Å². The fraction of sp³-hybridized carbons (Fsp3) is 0.733. The molecule has 2 unspecified atom stereocenters. The average molecular weight is 295 g/mol. The van der Waals surface area contributed by atoms with Crippen molar-refractivity contribution in [2.45, 2.75) is 50.9 Å². The Morgan fingerprint density at radius 3 is 3.10 bits per heavy atom. The van der Waals surface area contributed by atoms with Crippen molar-refractivity contribution in [1.82, 2.24) is 4.98 Å². The monoisotopic (exact) mass is 295 g/mol. The van der Waals surface area contributed by atoms with Crippen LogP contribution < -0.4 is 0 Å². The third kappa shape index (κ3) is 2.74. The number of aryl methyl sites for hydroxylation is 1. The van der Waals surface area contributed by atoms with Crippen molar-refractivity contribution >= 4 is 17.3 Å². The molecule has 0 bridgehead atoms. The van der Waals surface area contributed by atoms with Crippen LogP contribution in [0.3, 0.4) is 0 Å². The maximum absolute atomic E-state index is 12.1. The van der Waals surface area contributed by atoms with E-state index in [0.29, 0.717) is 12.5 Å². The van der Waals surface area contributed by atoms with Crippen LogP contribution in [0.1, 0.15) is 60.0 Å². The summed E-state index contributed by atoms with van der Waals surface area (Å²) in [6.45, 7) is 3.94. The Morgan fingerprint density at radius 1 is 1.45 bits per heavy atom. The van der Waals surface area contributed by atoms with Gasteiger partial charge in [-0.15, -0.1) is 11.3 Å². The molecule has 2 atom stereocenters. The van der Waals surface area contributed by atoms with E-state index in [9.17, 15) is 4.79 Å². The summed E-state index contributed by atoms with van der Waals surface area (Å²) in [5, 5.41) is 1.16. The number of esters is 1. The lowest BCUT2D eigenvalue weighted by Gasteiger charge is -2.20. The molecule has 1 saturated heterocycles. The standard InChI is InChI=1S/C15H21NO3S/c1-2-19-15(17)11-6-3-7-12-13(11)16-14(20-12)10-5-4-8-18-9-10/h10-11H,2-9H2,1H3. The summed E-state index contributed by atoms with van der Waals surface area (Å²) in [6, 6.07) is 0. The number of hydrogen-bond donors (Lipinski definition) is 0. The van der Waals surface area contributed by atoms with Gasteiger partial charge in [-0.05, 0) is 39.0 Å². The van der Waals surface area contributed by atoms with E-state index in [2.05, 4.69) is 0 Å². The third-order valence-electron chi connectivity index (χ3n) is 4.05. The van der Waals surface area contributed by atoms with Crippen LogP contribution in [0.2, 0.25) is 0 Å². The molecular weight excluding hydrogens is 274 g/mol. The van der Waals surface area contributed by atoms with Crippen LogP contribution in [0.15, 0.2) is 0 Å². The smallest absolute Gasteiger partial charge is 0.315 e. The minimum Gasteiger partial charge on any atom is -0.465 e. The highest BCUT2D eigenvalue weighted by molar-refractivity contribution is 7.11. The van der Waals surface area contributed by atoms with E-state index in [0.717, 1.165) is 56.0 Å². The second kappa shape index (κ2) is 6.22. The second-order valence-corrected chi connectivity index (χ2v) is 6.59. The predicted octanol–water partition coefficient (Wildman–Crippen LogP) is 3.02. The molecule has 2 heterocycles. The Bertz CT molecular complexity index is 479. The Labute approximate surface area is 123 Å². The molecule has 20 heavy (non-hydrogen) atoms. The predicted molar refractivity (Wildman–Crippen MR) is 77.2 cm³/mol. The number of nitrogens with zero attached hydrogens (tertiary/aromatic N) is 1. The summed E-state index contributed by atoms with van der Waals surface area (Å²) >= 11 is 1.78. The molecule has 0 saturated carbocycles. The molecule has 1 aliphatic heterocycles. The Morgan fingerprint density at radius 2 is 2.35 bits per heavy atom. The lowest BCUT2D eigenvalue weighted by molar-refractivity contribution is -0.145. The molecule has 0 amide bonds. The van der Waals surface area contributed by atoms with Crippen molar-refractivity contribution in [1.29, 1.82) is 0 Å². The number of thiazole rings is 1. The number of rotatable bonds is 3. The molecule has 5 heteroatoms. The van der Waals surface area contributed by atoms with Crippen LogP contribution in [0.5, 0.6) is 0 Å². The highest BCUT2D eigenvalue weighted by Gasteiger charge is 2.32. The summed E-state index contributed by atoms with van der Waals surface area (Å²) in [7, 11) is 0. The number of fused-ring (bicyclic) bond motifs is 1. The second-order valence-electron chi connectivity index (χ2n) is 5.47. The number of carbonyl (C=O) groups is 1. The summed E-state index contributed by atoms with van der Waals surface area (Å²) in [4.78, 5) is 18.1. The van der Waals surface area contributed by atoms with Crippen molar-refractivity contribution in [3.8, 4) is 0 Å². The van der Waals surface area contributed by atoms with Crippen LogP contribution in [-0.2, 0) is 20.7 Å². The van der Waals surface area contributed by atoms with E-state index >= 15 is 0 Å². The molecule has 1 fully saturated rings. The van der Waals surface area contributed by atoms with Crippen molar-refractivity contribution in [2.75, 3.05) is 19.8 Å². The van der Waals surface area contributed by atoms with Gasteiger partial charge in [0.2, 0.25) is 0 Å². The first-order chi connectivity index (χ1) is 9.79. The topological polar surface area (TPSA) is 48.4 Å². The lowest BCUT2D eigenvalue weighted by Crippen LogP contribution is -2.21. The zero-order chi connectivity index (χ0) is 13.9. The van der Waals surface area contributed by atoms with Gasteiger partial charge in [0.25, 0.3) is 0 Å². The van der Waals surface area contributed by atoms with Crippen LogP contribution in [0.4, 0.5) is 0 Å². The Balaban J connectivity index is 1.82. The van der Waals surface area contributed by atoms with Gasteiger partial charge in [-0.2, -0.15) is 0 Å². The first-order valence-electron chi connectivity index (χ1n) is 7.53. The number of ether oxygens (including phenoxy) is 2. The highest BCUT2D eigenvalue weighted by atomic mass is 32.1. The van der Waals surface area contributed by atoms with E-state index in [1.54, 1.807) is 11.3 Å². The average Bonchev–Trinajstić information content (AvgIpc) is 2.92. The maximum Gasteiger partial charge on any atom is 0.315 e. The van der Waals surface area contributed by atoms with Gasteiger partial charge in [0.05, 0.1) is 23.9 Å². The Hall–Kier alpha value is -0.940. The molecule has 2 aliphatic rings. The van der Waals surface area contributed by atoms with Crippen molar-refractivity contribution in [3.63, 3.8) is 0 Å². The van der Waals surface area contributed by atoms with Gasteiger partial charge >= 0.3 is 5.97 Å². The van der Waals surface area contributed by atoms with Crippen molar-refractivity contribution < 1.29 is 14.3 Å². The van der Waals surface area contributed by atoms with Gasteiger partial charge in [0.1, 0.15) is 5.92 Å². The number of carbonyl (C=O) groups excluding carboxylic acids is 1. The van der Waals surface area contributed by atoms with E-state index in [1.807, 2.05) is 6.92 Å². The van der Waals surface area contributed by atoms with E-state index in [1.165, 1.54) is 4.88 Å². The molecule has 110 valence electrons. The minimum absolute atomic E-state index is 0.106. The van der Waals surface area contributed by atoms with Crippen LogP contribution in [0.25, 0.3) is 0 Å². The number of hydrogen-bond acceptors (Lipinski definition) is 5. The molecule has 0 spiro atoms. The number of aromatic nitrogens is 1. The van der Waals surface area contributed by atoms with Crippen molar-refractivity contribution in [3.05, 3.63) is 15.6 Å². The van der Waals surface area contributed by atoms with Crippen LogP contribution >= 0.6 is 11.3 Å². The first-order valence-corrected chi connectivity index (χ1v) is 8.35. The molecule has 1 aromatic rings. The van der Waals surface area contributed by atoms with Gasteiger partial charge in [0, 0.05) is 17.4 Å². The molecule has 0 radical (unpaired) electrons. The molecule has 1 aromatic heterocycles. The van der Waals surface area contributed by atoms with Crippen molar-refractivity contribution in [2.24, 2.45) is 0 Å². The lowest BCUT2D eigenvalue weighted by atomic mass is 9.91. The fourth-order valence-corrected chi connectivity index (χ4v) is 4.31. The molecule has 0 aromatic carbocycles. The maximum atomic E-state index is 12.1. The molecule has 0 N–H and O–H groups in total. The SMILES string of the molecule is CCOC(=O)C1CCCc2sc(C3CCCOC3)nc21. The van der Waals surface area contributed by atoms with E-state index < -0.39 is 0 Å². The van der Waals surface area contributed by atoms with Gasteiger partial charge in [0.15, 0.2) is 0 Å². The summed E-state index contributed by atoms with van der Waals surface area (Å²) in [5.41, 5.74) is 0.986. The highest BCUT2D eigenvalue weighted by Crippen LogP contribution is 2.39. The summed E-state index contributed by atoms with van der Waals surface area (Å²) in [5.74, 6) is 0.167. The van der Waals surface area contributed by atoms with Gasteiger partial charge in [-0.3, -0.25) is 4.79 Å². The summed E-state index contributed by atoms with van der Waals surface area (Å²) in [6.07, 6.45) is 5.23. The zero-order valence-electron chi connectivity index (χ0n) is 11.9. The largest absolute Gasteiger partial charge is 0.465 e. The molecule has 4 nitrogen and oxygen atoms in total. The quantitative estimate of drug-likeness (QED) is 0.804. The van der Waals surface area contributed by atoms with Gasteiger partial charge < -0.3 is 9.47 Å². The van der Waals surface area contributed by atoms with Gasteiger partial charge in [-0.1, -0.05) is 0 Å². The normalized spacial score (nSPS) is 26.1. The fourth-order valence-electron chi connectivity index (χ4n) is 3.02. The minimum atomic E-state index is -0.145. The zero-order valence-corrected chi connectivity index (χ0v) is 12.7. The first kappa shape index (κ1) is 14.0. The third-order valence-corrected chi connectivity index (χ3v) is 5.34. The van der Waals surface area contributed by atoms with Crippen LogP contribution in [-0.4, -0.2) is 30.8 Å². The van der Waals surface area contributed by atoms with Crippen LogP contribution in [0, 0.1) is 0 Å². The Kier molecular flexibility index (Phi) is 4.36.